The first-order valence-corrected chi connectivity index (χ1v) is 7.65. The number of likely N-dealkylation sites (tertiary alicyclic amines) is 1. The van der Waals surface area contributed by atoms with E-state index in [0.29, 0.717) is 12.1 Å². The predicted molar refractivity (Wildman–Crippen MR) is 75.6 cm³/mol. The average molecular weight is 254 g/mol. The quantitative estimate of drug-likeness (QED) is 0.840. The van der Waals surface area contributed by atoms with Crippen LogP contribution in [0.1, 0.15) is 52.4 Å². The largest absolute Gasteiger partial charge is 0.379 e. The molecule has 4 atom stereocenters. The summed E-state index contributed by atoms with van der Waals surface area (Å²) in [6, 6.07) is 0.637. The van der Waals surface area contributed by atoms with Crippen LogP contribution in [-0.2, 0) is 4.74 Å². The minimum absolute atomic E-state index is 0.0983. The van der Waals surface area contributed by atoms with Gasteiger partial charge < -0.3 is 10.5 Å². The average Bonchev–Trinajstić information content (AvgIpc) is 2.41. The highest BCUT2D eigenvalue weighted by Gasteiger charge is 2.47. The van der Waals surface area contributed by atoms with E-state index in [9.17, 15) is 0 Å². The Labute approximate surface area is 112 Å². The molecule has 0 bridgehead atoms. The molecule has 0 aromatic heterocycles. The first-order chi connectivity index (χ1) is 8.65. The minimum atomic E-state index is 0.0983. The molecule has 18 heavy (non-hydrogen) atoms. The van der Waals surface area contributed by atoms with Crippen LogP contribution in [0, 0.1) is 5.92 Å². The van der Waals surface area contributed by atoms with Crippen molar-refractivity contribution in [3.8, 4) is 0 Å². The molecule has 0 radical (unpaired) electrons. The third kappa shape index (κ3) is 2.33. The molecule has 1 saturated carbocycles. The molecule has 3 heteroatoms. The van der Waals surface area contributed by atoms with Gasteiger partial charge in [-0.25, -0.2) is 0 Å². The second-order valence-electron chi connectivity index (χ2n) is 6.33. The summed E-state index contributed by atoms with van der Waals surface area (Å²) < 4.78 is 5.81. The van der Waals surface area contributed by atoms with E-state index in [-0.39, 0.29) is 5.54 Å². The van der Waals surface area contributed by atoms with Gasteiger partial charge in [0.05, 0.1) is 11.6 Å². The maximum atomic E-state index is 6.22. The van der Waals surface area contributed by atoms with Crippen LogP contribution in [0.3, 0.4) is 0 Å². The van der Waals surface area contributed by atoms with Crippen molar-refractivity contribution >= 4 is 0 Å². The molecule has 0 amide bonds. The van der Waals surface area contributed by atoms with Gasteiger partial charge >= 0.3 is 0 Å². The Morgan fingerprint density at radius 2 is 2.00 bits per heavy atom. The smallest absolute Gasteiger partial charge is 0.0767 e. The van der Waals surface area contributed by atoms with Crippen LogP contribution in [0.25, 0.3) is 0 Å². The van der Waals surface area contributed by atoms with Crippen molar-refractivity contribution in [2.45, 2.75) is 70.1 Å². The molecular weight excluding hydrogens is 224 g/mol. The summed E-state index contributed by atoms with van der Waals surface area (Å²) in [6.07, 6.45) is 7.96. The molecular formula is C15H30N2O. The van der Waals surface area contributed by atoms with Gasteiger partial charge in [0, 0.05) is 19.7 Å². The second-order valence-corrected chi connectivity index (χ2v) is 6.33. The van der Waals surface area contributed by atoms with Gasteiger partial charge in [-0.15, -0.1) is 0 Å². The van der Waals surface area contributed by atoms with Crippen molar-refractivity contribution in [2.75, 3.05) is 20.2 Å². The topological polar surface area (TPSA) is 38.5 Å². The van der Waals surface area contributed by atoms with E-state index in [4.69, 9.17) is 10.5 Å². The summed E-state index contributed by atoms with van der Waals surface area (Å²) in [7, 11) is 1.86. The molecule has 2 fully saturated rings. The van der Waals surface area contributed by atoms with E-state index in [1.165, 1.54) is 45.1 Å². The zero-order chi connectivity index (χ0) is 13.2. The minimum Gasteiger partial charge on any atom is -0.379 e. The van der Waals surface area contributed by atoms with E-state index < -0.39 is 0 Å². The Morgan fingerprint density at radius 3 is 2.67 bits per heavy atom. The Balaban J connectivity index is 2.23. The van der Waals surface area contributed by atoms with Crippen molar-refractivity contribution in [1.29, 1.82) is 0 Å². The number of nitrogens with two attached hydrogens (primary N) is 1. The molecule has 1 aliphatic carbocycles. The fraction of sp³-hybridized carbons (Fsp3) is 1.00. The highest BCUT2D eigenvalue weighted by Crippen LogP contribution is 2.39. The summed E-state index contributed by atoms with van der Waals surface area (Å²) in [5, 5.41) is 0. The van der Waals surface area contributed by atoms with Crippen molar-refractivity contribution in [3.63, 3.8) is 0 Å². The summed E-state index contributed by atoms with van der Waals surface area (Å²) in [6.45, 7) is 6.69. The van der Waals surface area contributed by atoms with Gasteiger partial charge in [0.2, 0.25) is 0 Å². The number of nitrogens with zero attached hydrogens (tertiary/aromatic N) is 1. The number of ether oxygens (including phenoxy) is 1. The monoisotopic (exact) mass is 254 g/mol. The summed E-state index contributed by atoms with van der Waals surface area (Å²) in [5.74, 6) is 0.779. The van der Waals surface area contributed by atoms with Crippen LogP contribution >= 0.6 is 0 Å². The maximum absolute atomic E-state index is 6.22. The van der Waals surface area contributed by atoms with Crippen molar-refractivity contribution in [3.05, 3.63) is 0 Å². The summed E-state index contributed by atoms with van der Waals surface area (Å²) in [4.78, 5) is 2.69. The maximum Gasteiger partial charge on any atom is 0.0767 e. The molecule has 1 heterocycles. The van der Waals surface area contributed by atoms with Gasteiger partial charge in [-0.1, -0.05) is 19.8 Å². The van der Waals surface area contributed by atoms with Crippen molar-refractivity contribution in [2.24, 2.45) is 11.7 Å². The Hall–Kier alpha value is -0.120. The Bertz CT molecular complexity index is 271. The zero-order valence-corrected chi connectivity index (χ0v) is 12.3. The normalized spacial score (nSPS) is 43.0. The van der Waals surface area contributed by atoms with E-state index in [0.717, 1.165) is 12.5 Å². The molecule has 3 nitrogen and oxygen atoms in total. The lowest BCUT2D eigenvalue weighted by Gasteiger charge is -2.55. The van der Waals surface area contributed by atoms with Crippen LogP contribution in [0.5, 0.6) is 0 Å². The van der Waals surface area contributed by atoms with E-state index in [2.05, 4.69) is 18.7 Å². The van der Waals surface area contributed by atoms with E-state index in [1.54, 1.807) is 0 Å². The summed E-state index contributed by atoms with van der Waals surface area (Å²) in [5.41, 5.74) is 6.32. The van der Waals surface area contributed by atoms with Gasteiger partial charge in [-0.2, -0.15) is 0 Å². The van der Waals surface area contributed by atoms with Crippen LogP contribution in [-0.4, -0.2) is 42.8 Å². The summed E-state index contributed by atoms with van der Waals surface area (Å²) >= 11 is 0. The lowest BCUT2D eigenvalue weighted by atomic mass is 9.74. The molecule has 1 saturated heterocycles. The SMILES string of the molecule is COC1CCCCC1(CN)N1CCCC(C)C1C. The standard InChI is InChI=1S/C15H30N2O/c1-12-7-6-10-17(13(12)2)15(11-16)9-5-4-8-14(15)18-3/h12-14H,4-11,16H2,1-3H3. The number of rotatable bonds is 3. The van der Waals surface area contributed by atoms with Gasteiger partial charge in [-0.05, 0) is 45.1 Å². The number of piperidine rings is 1. The highest BCUT2D eigenvalue weighted by atomic mass is 16.5. The zero-order valence-electron chi connectivity index (χ0n) is 12.3. The van der Waals surface area contributed by atoms with Crippen LogP contribution < -0.4 is 5.73 Å². The van der Waals surface area contributed by atoms with Gasteiger partial charge in [0.1, 0.15) is 0 Å². The first-order valence-electron chi connectivity index (χ1n) is 7.65. The predicted octanol–water partition coefficient (Wildman–Crippen LogP) is 2.39. The van der Waals surface area contributed by atoms with Crippen LogP contribution in [0.4, 0.5) is 0 Å². The Kier molecular flexibility index (Phi) is 4.68. The molecule has 2 rings (SSSR count). The van der Waals surface area contributed by atoms with E-state index >= 15 is 0 Å². The molecule has 0 spiro atoms. The lowest BCUT2D eigenvalue weighted by molar-refractivity contribution is -0.106. The number of hydrogen-bond acceptors (Lipinski definition) is 3. The molecule has 0 aromatic carbocycles. The third-order valence-electron chi connectivity index (χ3n) is 5.51. The highest BCUT2D eigenvalue weighted by molar-refractivity contribution is 5.04. The molecule has 2 aliphatic rings. The first kappa shape index (κ1) is 14.3. The molecule has 1 aliphatic heterocycles. The second kappa shape index (κ2) is 5.89. The third-order valence-corrected chi connectivity index (χ3v) is 5.51. The van der Waals surface area contributed by atoms with Gasteiger partial charge in [-0.3, -0.25) is 4.90 Å². The van der Waals surface area contributed by atoms with Gasteiger partial charge in [0.15, 0.2) is 0 Å². The fourth-order valence-electron chi connectivity index (χ4n) is 4.17. The Morgan fingerprint density at radius 1 is 1.22 bits per heavy atom. The van der Waals surface area contributed by atoms with Crippen LogP contribution in [0.2, 0.25) is 0 Å². The lowest BCUT2D eigenvalue weighted by Crippen LogP contribution is -2.67. The molecule has 4 unspecified atom stereocenters. The fourth-order valence-corrected chi connectivity index (χ4v) is 4.17. The number of hydrogen-bond donors (Lipinski definition) is 1. The van der Waals surface area contributed by atoms with Gasteiger partial charge in [0.25, 0.3) is 0 Å². The molecule has 2 N–H and O–H groups in total. The number of methoxy groups -OCH3 is 1. The molecule has 106 valence electrons. The molecule has 0 aromatic rings. The van der Waals surface area contributed by atoms with Crippen LogP contribution in [0.15, 0.2) is 0 Å². The van der Waals surface area contributed by atoms with Crippen molar-refractivity contribution < 1.29 is 4.74 Å². The van der Waals surface area contributed by atoms with E-state index in [1.807, 2.05) is 7.11 Å². The van der Waals surface area contributed by atoms with Crippen molar-refractivity contribution in [1.82, 2.24) is 4.90 Å².